The van der Waals surface area contributed by atoms with E-state index >= 15 is 0 Å². The normalized spacial score (nSPS) is 13.8. The van der Waals surface area contributed by atoms with Crippen LogP contribution in [0.3, 0.4) is 0 Å². The largest absolute Gasteiger partial charge is 0.349 e. The van der Waals surface area contributed by atoms with Crippen molar-refractivity contribution in [2.45, 2.75) is 43.2 Å². The van der Waals surface area contributed by atoms with E-state index in [1.165, 1.54) is 23.5 Å². The number of nitrogens with zero attached hydrogens (tertiary/aromatic N) is 2. The van der Waals surface area contributed by atoms with E-state index in [0.29, 0.717) is 24.6 Å². The number of carbonyl (C=O) groups excluding carboxylic acids is 2. The number of hydrogen-bond acceptors (Lipinski definition) is 4. The number of sulfonamides is 1. The molecule has 0 aromatic heterocycles. The highest BCUT2D eigenvalue weighted by molar-refractivity contribution is 7.89. The van der Waals surface area contributed by atoms with Gasteiger partial charge in [-0.05, 0) is 61.2 Å². The molecule has 0 aliphatic heterocycles. The first-order chi connectivity index (χ1) is 15.2. The van der Waals surface area contributed by atoms with Crippen LogP contribution in [-0.4, -0.2) is 56.1 Å². The maximum absolute atomic E-state index is 13.0. The Morgan fingerprint density at radius 3 is 2.25 bits per heavy atom. The van der Waals surface area contributed by atoms with E-state index in [1.54, 1.807) is 24.1 Å². The van der Waals surface area contributed by atoms with Crippen LogP contribution in [0, 0.1) is 5.82 Å². The van der Waals surface area contributed by atoms with Crippen molar-refractivity contribution in [2.24, 2.45) is 0 Å². The maximum Gasteiger partial charge on any atom is 0.251 e. The Hall–Kier alpha value is -2.78. The average Bonchev–Trinajstić information content (AvgIpc) is 3.58. The third kappa shape index (κ3) is 6.37. The fourth-order valence-corrected chi connectivity index (χ4v) is 4.38. The topological polar surface area (TPSA) is 86.8 Å². The van der Waals surface area contributed by atoms with Gasteiger partial charge in [-0.1, -0.05) is 12.1 Å². The van der Waals surface area contributed by atoms with E-state index in [0.717, 1.165) is 30.5 Å². The first kappa shape index (κ1) is 23.9. The lowest BCUT2D eigenvalue weighted by molar-refractivity contribution is -0.130. The highest BCUT2D eigenvalue weighted by Gasteiger charge is 2.24. The van der Waals surface area contributed by atoms with Gasteiger partial charge in [0.2, 0.25) is 15.9 Å². The Morgan fingerprint density at radius 1 is 1.03 bits per heavy atom. The summed E-state index contributed by atoms with van der Waals surface area (Å²) < 4.78 is 39.2. The van der Waals surface area contributed by atoms with Crippen LogP contribution < -0.4 is 5.32 Å². The molecule has 2 amide bonds. The average molecular weight is 462 g/mol. The second-order valence-corrected chi connectivity index (χ2v) is 10.1. The maximum atomic E-state index is 13.0. The van der Waals surface area contributed by atoms with Crippen molar-refractivity contribution >= 4 is 21.8 Å². The summed E-state index contributed by atoms with van der Waals surface area (Å²) in [5.74, 6) is -0.687. The zero-order valence-corrected chi connectivity index (χ0v) is 19.1. The lowest BCUT2D eigenvalue weighted by atomic mass is 10.1. The number of halogens is 1. The van der Waals surface area contributed by atoms with Crippen LogP contribution in [0.5, 0.6) is 0 Å². The molecule has 0 spiro atoms. The molecular formula is C23H28FN3O4S. The van der Waals surface area contributed by atoms with Gasteiger partial charge in [0.05, 0.1) is 4.90 Å². The van der Waals surface area contributed by atoms with Crippen LogP contribution in [0.25, 0.3) is 0 Å². The molecule has 2 aromatic rings. The Morgan fingerprint density at radius 2 is 1.66 bits per heavy atom. The standard InChI is InChI=1S/C23H28FN3O4S/c1-26(16-17-5-7-18(8-6-17)23(29)25-20-11-12-20)22(28)4-3-15-27(2)32(30,31)21-13-9-19(24)10-14-21/h5-10,13-14,20H,3-4,11-12,15-16H2,1-2H3,(H,25,29). The van der Waals surface area contributed by atoms with E-state index in [2.05, 4.69) is 5.32 Å². The number of rotatable bonds is 10. The second-order valence-electron chi connectivity index (χ2n) is 8.08. The molecule has 7 nitrogen and oxygen atoms in total. The van der Waals surface area contributed by atoms with E-state index in [9.17, 15) is 22.4 Å². The van der Waals surface area contributed by atoms with Gasteiger partial charge < -0.3 is 10.2 Å². The molecule has 2 aromatic carbocycles. The van der Waals surface area contributed by atoms with Crippen LogP contribution in [-0.2, 0) is 21.4 Å². The Labute approximate surface area is 188 Å². The zero-order valence-electron chi connectivity index (χ0n) is 18.3. The van der Waals surface area contributed by atoms with Crippen LogP contribution >= 0.6 is 0 Å². The summed E-state index contributed by atoms with van der Waals surface area (Å²) in [7, 11) is -0.601. The fourth-order valence-electron chi connectivity index (χ4n) is 3.17. The minimum Gasteiger partial charge on any atom is -0.349 e. The van der Waals surface area contributed by atoms with Gasteiger partial charge in [-0.25, -0.2) is 17.1 Å². The monoisotopic (exact) mass is 461 g/mol. The van der Waals surface area contributed by atoms with Crippen molar-refractivity contribution in [1.29, 1.82) is 0 Å². The van der Waals surface area contributed by atoms with Gasteiger partial charge in [-0.2, -0.15) is 0 Å². The van der Waals surface area contributed by atoms with Crippen molar-refractivity contribution in [3.63, 3.8) is 0 Å². The molecule has 1 fully saturated rings. The molecule has 0 unspecified atom stereocenters. The van der Waals surface area contributed by atoms with Crippen molar-refractivity contribution < 1.29 is 22.4 Å². The summed E-state index contributed by atoms with van der Waals surface area (Å²) in [5, 5.41) is 2.94. The fraction of sp³-hybridized carbons (Fsp3) is 0.391. The lowest BCUT2D eigenvalue weighted by Crippen LogP contribution is -2.30. The molecule has 9 heteroatoms. The van der Waals surface area contributed by atoms with Crippen LogP contribution in [0.1, 0.15) is 41.6 Å². The van der Waals surface area contributed by atoms with Crippen molar-refractivity contribution in [2.75, 3.05) is 20.6 Å². The molecule has 32 heavy (non-hydrogen) atoms. The number of nitrogens with one attached hydrogen (secondary N) is 1. The third-order valence-corrected chi connectivity index (χ3v) is 7.23. The Balaban J connectivity index is 1.45. The van der Waals surface area contributed by atoms with Gasteiger partial charge in [0, 0.05) is 45.2 Å². The van der Waals surface area contributed by atoms with Crippen molar-refractivity contribution in [3.8, 4) is 0 Å². The summed E-state index contributed by atoms with van der Waals surface area (Å²) in [4.78, 5) is 26.1. The molecule has 0 heterocycles. The van der Waals surface area contributed by atoms with Gasteiger partial charge in [0.25, 0.3) is 5.91 Å². The second kappa shape index (κ2) is 10.2. The smallest absolute Gasteiger partial charge is 0.251 e. The number of carbonyl (C=O) groups is 2. The summed E-state index contributed by atoms with van der Waals surface area (Å²) in [6.45, 7) is 0.567. The lowest BCUT2D eigenvalue weighted by Gasteiger charge is -2.20. The van der Waals surface area contributed by atoms with Gasteiger partial charge >= 0.3 is 0 Å². The molecule has 1 aliphatic rings. The number of benzene rings is 2. The number of hydrogen-bond donors (Lipinski definition) is 1. The SMILES string of the molecule is CN(Cc1ccc(C(=O)NC2CC2)cc1)C(=O)CCCN(C)S(=O)(=O)c1ccc(F)cc1. The van der Waals surface area contributed by atoms with Crippen LogP contribution in [0.2, 0.25) is 0 Å². The minimum absolute atomic E-state index is 0.0131. The summed E-state index contributed by atoms with van der Waals surface area (Å²) >= 11 is 0. The van der Waals surface area contributed by atoms with E-state index in [4.69, 9.17) is 0 Å². The van der Waals surface area contributed by atoms with E-state index in [-0.39, 0.29) is 29.7 Å². The molecule has 0 atom stereocenters. The minimum atomic E-state index is -3.73. The third-order valence-electron chi connectivity index (χ3n) is 5.36. The van der Waals surface area contributed by atoms with Crippen molar-refractivity contribution in [3.05, 3.63) is 65.5 Å². The molecule has 0 radical (unpaired) electrons. The molecule has 1 aliphatic carbocycles. The zero-order chi connectivity index (χ0) is 23.3. The van der Waals surface area contributed by atoms with E-state index in [1.807, 2.05) is 12.1 Å². The van der Waals surface area contributed by atoms with Crippen LogP contribution in [0.15, 0.2) is 53.4 Å². The van der Waals surface area contributed by atoms with Gasteiger partial charge in [-0.15, -0.1) is 0 Å². The summed E-state index contributed by atoms with van der Waals surface area (Å²) in [5.41, 5.74) is 1.50. The van der Waals surface area contributed by atoms with Gasteiger partial charge in [0.1, 0.15) is 5.82 Å². The first-order valence-corrected chi connectivity index (χ1v) is 12.0. The predicted octanol–water partition coefficient (Wildman–Crippen LogP) is 2.78. The first-order valence-electron chi connectivity index (χ1n) is 10.5. The van der Waals surface area contributed by atoms with Gasteiger partial charge in [-0.3, -0.25) is 9.59 Å². The molecule has 0 saturated heterocycles. The summed E-state index contributed by atoms with van der Waals surface area (Å²) in [6.07, 6.45) is 2.62. The molecule has 1 N–H and O–H groups in total. The quantitative estimate of drug-likeness (QED) is 0.590. The summed E-state index contributed by atoms with van der Waals surface area (Å²) in [6, 6.07) is 12.1. The molecule has 1 saturated carbocycles. The Kier molecular flexibility index (Phi) is 7.63. The highest BCUT2D eigenvalue weighted by Crippen LogP contribution is 2.19. The molecule has 172 valence electrons. The molecule has 0 bridgehead atoms. The predicted molar refractivity (Wildman–Crippen MR) is 119 cm³/mol. The number of amides is 2. The van der Waals surface area contributed by atoms with Crippen molar-refractivity contribution in [1.82, 2.24) is 14.5 Å². The van der Waals surface area contributed by atoms with Gasteiger partial charge in [0.15, 0.2) is 0 Å². The Bertz CT molecular complexity index is 1050. The highest BCUT2D eigenvalue weighted by atomic mass is 32.2. The van der Waals surface area contributed by atoms with E-state index < -0.39 is 15.8 Å². The molecule has 3 rings (SSSR count). The van der Waals surface area contributed by atoms with Crippen LogP contribution in [0.4, 0.5) is 4.39 Å². The molecular weight excluding hydrogens is 433 g/mol.